The largest absolute Gasteiger partial charge is 0.497 e. The number of rotatable bonds is 4. The number of primary amides is 1. The van der Waals surface area contributed by atoms with Gasteiger partial charge in [0.25, 0.3) is 11.5 Å². The number of aromatic nitrogens is 1. The highest BCUT2D eigenvalue weighted by Crippen LogP contribution is 2.37. The van der Waals surface area contributed by atoms with Crippen molar-refractivity contribution in [3.63, 3.8) is 0 Å². The Hall–Kier alpha value is -3.30. The van der Waals surface area contributed by atoms with E-state index in [0.717, 1.165) is 0 Å². The third-order valence-electron chi connectivity index (χ3n) is 6.26. The van der Waals surface area contributed by atoms with Crippen molar-refractivity contribution in [3.8, 4) is 16.8 Å². The molecule has 2 N–H and O–H groups in total. The quantitative estimate of drug-likeness (QED) is 0.617. The minimum atomic E-state index is -0.957. The molecule has 1 fully saturated rings. The van der Waals surface area contributed by atoms with Gasteiger partial charge >= 0.3 is 7.12 Å². The van der Waals surface area contributed by atoms with E-state index in [1.165, 1.54) is 53.2 Å². The molecule has 1 amide bonds. The van der Waals surface area contributed by atoms with Crippen molar-refractivity contribution in [1.29, 1.82) is 0 Å². The number of nitrogens with two attached hydrogens (primary N) is 1. The zero-order chi connectivity index (χ0) is 24.1. The summed E-state index contributed by atoms with van der Waals surface area (Å²) in [6.45, 7) is 7.48. The number of carbonyl (C=O) groups excluding carboxylic acids is 1. The molecule has 0 atom stereocenters. The lowest BCUT2D eigenvalue weighted by Crippen LogP contribution is -2.41. The maximum atomic E-state index is 15.1. The van der Waals surface area contributed by atoms with Gasteiger partial charge in [-0.25, -0.2) is 8.78 Å². The van der Waals surface area contributed by atoms with Crippen molar-refractivity contribution in [1.82, 2.24) is 4.57 Å². The average molecular weight is 452 g/mol. The van der Waals surface area contributed by atoms with Crippen molar-refractivity contribution in [2.75, 3.05) is 0 Å². The maximum absolute atomic E-state index is 15.1. The fourth-order valence-corrected chi connectivity index (χ4v) is 3.68. The van der Waals surface area contributed by atoms with E-state index in [2.05, 4.69) is 0 Å². The van der Waals surface area contributed by atoms with Gasteiger partial charge in [-0.2, -0.15) is 0 Å². The fraction of sp³-hybridized carbons (Fsp3) is 0.250. The average Bonchev–Trinajstić information content (AvgIpc) is 2.95. The Balaban J connectivity index is 1.76. The van der Waals surface area contributed by atoms with E-state index in [-0.39, 0.29) is 16.6 Å². The summed E-state index contributed by atoms with van der Waals surface area (Å²) in [7, 11) is -0.897. The van der Waals surface area contributed by atoms with Crippen LogP contribution >= 0.6 is 0 Å². The minimum Gasteiger partial charge on any atom is -0.399 e. The number of pyridine rings is 1. The molecule has 1 saturated heterocycles. The van der Waals surface area contributed by atoms with E-state index in [1.807, 2.05) is 27.7 Å². The number of hydrogen-bond donors (Lipinski definition) is 1. The smallest absolute Gasteiger partial charge is 0.399 e. The highest BCUT2D eigenvalue weighted by atomic mass is 19.1. The predicted molar refractivity (Wildman–Crippen MR) is 122 cm³/mol. The molecule has 2 heterocycles. The lowest BCUT2D eigenvalue weighted by Gasteiger charge is -2.32. The van der Waals surface area contributed by atoms with Crippen molar-refractivity contribution in [3.05, 3.63) is 82.3 Å². The molecule has 0 unspecified atom stereocenters. The second kappa shape index (κ2) is 7.93. The fourth-order valence-electron chi connectivity index (χ4n) is 3.68. The zero-order valence-corrected chi connectivity index (χ0v) is 18.7. The van der Waals surface area contributed by atoms with Gasteiger partial charge in [0.1, 0.15) is 17.2 Å². The van der Waals surface area contributed by atoms with Crippen LogP contribution in [0.15, 0.2) is 59.5 Å². The summed E-state index contributed by atoms with van der Waals surface area (Å²) in [4.78, 5) is 25.2. The molecule has 4 rings (SSSR count). The molecule has 1 aromatic heterocycles. The minimum absolute atomic E-state index is 0.185. The molecule has 1 aliphatic heterocycles. The second-order valence-electron chi connectivity index (χ2n) is 8.94. The highest BCUT2D eigenvalue weighted by Gasteiger charge is 2.52. The maximum Gasteiger partial charge on any atom is 0.497 e. The summed E-state index contributed by atoms with van der Waals surface area (Å²) in [5.74, 6) is -2.03. The van der Waals surface area contributed by atoms with Crippen molar-refractivity contribution in [2.24, 2.45) is 5.73 Å². The van der Waals surface area contributed by atoms with Gasteiger partial charge in [-0.05, 0) is 69.7 Å². The van der Waals surface area contributed by atoms with Crippen LogP contribution in [0.5, 0.6) is 0 Å². The first-order chi connectivity index (χ1) is 15.4. The lowest BCUT2D eigenvalue weighted by atomic mass is 9.78. The summed E-state index contributed by atoms with van der Waals surface area (Å²) in [6.07, 6.45) is 1.43. The molecule has 6 nitrogen and oxygen atoms in total. The topological polar surface area (TPSA) is 83.5 Å². The Labute approximate surface area is 190 Å². The van der Waals surface area contributed by atoms with Gasteiger partial charge < -0.3 is 15.0 Å². The SMILES string of the molecule is CC1(C)OB(c2ccc(-c3ccn(-c4ccc(F)cc4)c(=O)c3C(N)=O)cc2F)OC1(C)C. The lowest BCUT2D eigenvalue weighted by molar-refractivity contribution is 0.00578. The second-order valence-corrected chi connectivity index (χ2v) is 8.94. The number of benzene rings is 2. The van der Waals surface area contributed by atoms with Crippen LogP contribution in [-0.2, 0) is 9.31 Å². The number of halogens is 2. The molecular formula is C24H23BF2N2O4. The van der Waals surface area contributed by atoms with E-state index in [1.54, 1.807) is 6.07 Å². The first-order valence-corrected chi connectivity index (χ1v) is 10.4. The third-order valence-corrected chi connectivity index (χ3v) is 6.26. The van der Waals surface area contributed by atoms with Gasteiger partial charge in [-0.3, -0.25) is 14.2 Å². The summed E-state index contributed by atoms with van der Waals surface area (Å²) in [5, 5.41) is 0. The van der Waals surface area contributed by atoms with Crippen molar-refractivity contribution >= 4 is 18.5 Å². The summed E-state index contributed by atoms with van der Waals surface area (Å²) in [5.41, 5.74) is 4.29. The molecule has 33 heavy (non-hydrogen) atoms. The number of carbonyl (C=O) groups is 1. The monoisotopic (exact) mass is 452 g/mol. The molecule has 2 aromatic carbocycles. The van der Waals surface area contributed by atoms with Crippen LogP contribution in [0.4, 0.5) is 8.78 Å². The predicted octanol–water partition coefficient (Wildman–Crippen LogP) is 3.18. The molecule has 0 saturated carbocycles. The van der Waals surface area contributed by atoms with Crippen LogP contribution < -0.4 is 16.8 Å². The Morgan fingerprint density at radius 1 is 0.970 bits per heavy atom. The van der Waals surface area contributed by atoms with Crippen LogP contribution in [0.3, 0.4) is 0 Å². The first kappa shape index (κ1) is 22.9. The van der Waals surface area contributed by atoms with Gasteiger partial charge in [0.15, 0.2) is 0 Å². The van der Waals surface area contributed by atoms with Gasteiger partial charge in [-0.1, -0.05) is 12.1 Å². The van der Waals surface area contributed by atoms with Gasteiger partial charge in [0.2, 0.25) is 0 Å². The summed E-state index contributed by atoms with van der Waals surface area (Å²) < 4.78 is 41.4. The van der Waals surface area contributed by atoms with Crippen LogP contribution in [-0.4, -0.2) is 28.8 Å². The molecule has 170 valence electrons. The van der Waals surface area contributed by atoms with Crippen LogP contribution in [0.2, 0.25) is 0 Å². The van der Waals surface area contributed by atoms with Crippen LogP contribution in [0.1, 0.15) is 38.1 Å². The Morgan fingerprint density at radius 3 is 2.12 bits per heavy atom. The van der Waals surface area contributed by atoms with Gasteiger partial charge in [-0.15, -0.1) is 0 Å². The van der Waals surface area contributed by atoms with Crippen LogP contribution in [0, 0.1) is 11.6 Å². The Morgan fingerprint density at radius 2 is 1.58 bits per heavy atom. The van der Waals surface area contributed by atoms with E-state index >= 15 is 4.39 Å². The number of hydrogen-bond acceptors (Lipinski definition) is 4. The van der Waals surface area contributed by atoms with Gasteiger partial charge in [0, 0.05) is 22.9 Å². The molecule has 0 spiro atoms. The number of nitrogens with zero attached hydrogens (tertiary/aromatic N) is 1. The van der Waals surface area contributed by atoms with Gasteiger partial charge in [0.05, 0.1) is 11.2 Å². The third kappa shape index (κ3) is 3.98. The van der Waals surface area contributed by atoms with E-state index in [9.17, 15) is 14.0 Å². The molecule has 0 bridgehead atoms. The van der Waals surface area contributed by atoms with E-state index < -0.39 is 41.4 Å². The van der Waals surface area contributed by atoms with Crippen molar-refractivity contribution < 1.29 is 22.9 Å². The molecular weight excluding hydrogens is 429 g/mol. The molecule has 3 aromatic rings. The molecule has 9 heteroatoms. The van der Waals surface area contributed by atoms with Crippen molar-refractivity contribution in [2.45, 2.75) is 38.9 Å². The first-order valence-electron chi connectivity index (χ1n) is 10.4. The molecule has 0 aliphatic carbocycles. The standard InChI is InChI=1S/C24H23BF2N2O4/c1-23(2)24(3,4)33-25(32-23)18-10-5-14(13-19(18)27)17-11-12-29(22(31)20(17)21(28)30)16-8-6-15(26)7-9-16/h5-13H,1-4H3,(H2,28,30). The Bertz CT molecular complexity index is 1290. The van der Waals surface area contributed by atoms with E-state index in [0.29, 0.717) is 11.3 Å². The zero-order valence-electron chi connectivity index (χ0n) is 18.7. The normalized spacial score (nSPS) is 16.7. The number of amides is 1. The summed E-state index contributed by atoms with van der Waals surface area (Å²) in [6, 6.07) is 11.0. The Kier molecular flexibility index (Phi) is 5.50. The molecule has 0 radical (unpaired) electrons. The van der Waals surface area contributed by atoms with Crippen LogP contribution in [0.25, 0.3) is 16.8 Å². The van der Waals surface area contributed by atoms with E-state index in [4.69, 9.17) is 15.0 Å². The highest BCUT2D eigenvalue weighted by molar-refractivity contribution is 6.62. The summed E-state index contributed by atoms with van der Waals surface area (Å²) >= 11 is 0. The molecule has 1 aliphatic rings.